The van der Waals surface area contributed by atoms with Crippen molar-refractivity contribution in [2.75, 3.05) is 41.0 Å². The predicted molar refractivity (Wildman–Crippen MR) is 220 cm³/mol. The molecule has 282 valence electrons. The molecule has 0 bridgehead atoms. The lowest BCUT2D eigenvalue weighted by Crippen LogP contribution is -1.92. The van der Waals surface area contributed by atoms with Crippen molar-refractivity contribution in [3.05, 3.63) is 138 Å². The Bertz CT molecular complexity index is 1970. The van der Waals surface area contributed by atoms with Crippen molar-refractivity contribution in [3.8, 4) is 39.9 Å². The summed E-state index contributed by atoms with van der Waals surface area (Å²) in [7, 11) is 1.77. The molecule has 0 radical (unpaired) electrons. The van der Waals surface area contributed by atoms with Gasteiger partial charge in [-0.1, -0.05) is 37.8 Å². The number of phenolic OH excluding ortho intramolecular Hbond substituents is 4. The molecular weight excluding hydrogens is 672 g/mol. The van der Waals surface area contributed by atoms with E-state index in [2.05, 4.69) is 5.32 Å². The maximum absolute atomic E-state index is 9.35. The molecule has 0 saturated carbocycles. The minimum absolute atomic E-state index is 0. The van der Waals surface area contributed by atoms with Crippen LogP contribution in [0.4, 0.5) is 34.1 Å². The van der Waals surface area contributed by atoms with Gasteiger partial charge in [0, 0.05) is 46.6 Å². The summed E-state index contributed by atoms with van der Waals surface area (Å²) in [4.78, 5) is 0. The summed E-state index contributed by atoms with van der Waals surface area (Å²) in [6.45, 7) is 3.44. The summed E-state index contributed by atoms with van der Waals surface area (Å²) >= 11 is 0. The first-order valence-electron chi connectivity index (χ1n) is 15.8. The Hall–Kier alpha value is -6.92. The Labute approximate surface area is 311 Å². The van der Waals surface area contributed by atoms with E-state index in [1.165, 1.54) is 12.1 Å². The van der Waals surface area contributed by atoms with Gasteiger partial charge in [-0.15, -0.1) is 0 Å². The Morgan fingerprint density at radius 1 is 0.509 bits per heavy atom. The minimum atomic E-state index is -0.184. The van der Waals surface area contributed by atoms with Gasteiger partial charge in [0.1, 0.15) is 28.7 Å². The first kappa shape index (κ1) is 44.1. The molecule has 6 aromatic rings. The summed E-state index contributed by atoms with van der Waals surface area (Å²) in [5.41, 5.74) is 35.4. The smallest absolute Gasteiger partial charge is 0.138 e. The molecule has 0 aliphatic carbocycles. The fraction of sp³-hybridized carbons (Fsp3) is 0.122. The van der Waals surface area contributed by atoms with Crippen LogP contribution in [0.2, 0.25) is 0 Å². The Balaban J connectivity index is 0.000000336. The molecule has 17 N–H and O–H groups in total. The molecule has 0 unspecified atom stereocenters. The third-order valence-electron chi connectivity index (χ3n) is 7.12. The van der Waals surface area contributed by atoms with Gasteiger partial charge in [0.2, 0.25) is 0 Å². The van der Waals surface area contributed by atoms with Gasteiger partial charge < -0.3 is 64.6 Å². The van der Waals surface area contributed by atoms with Crippen LogP contribution in [-0.4, -0.2) is 37.7 Å². The zero-order chi connectivity index (χ0) is 38.8. The van der Waals surface area contributed by atoms with Crippen molar-refractivity contribution < 1.29 is 30.6 Å². The molecule has 0 aromatic heterocycles. The van der Waals surface area contributed by atoms with Crippen LogP contribution in [0.1, 0.15) is 24.1 Å². The van der Waals surface area contributed by atoms with Crippen molar-refractivity contribution in [2.45, 2.75) is 27.9 Å². The first-order chi connectivity index (χ1) is 24.6. The second kappa shape index (κ2) is 22.0. The molecule has 6 aromatic carbocycles. The summed E-state index contributed by atoms with van der Waals surface area (Å²) in [6, 6.07) is 34.0. The molecule has 0 spiro atoms. The minimum Gasteiger partial charge on any atom is -0.508 e. The number of phenols is 5. The molecule has 53 heavy (non-hydrogen) atoms. The van der Waals surface area contributed by atoms with Gasteiger partial charge in [0.15, 0.2) is 0 Å². The Morgan fingerprint density at radius 3 is 1.42 bits per heavy atom. The van der Waals surface area contributed by atoms with E-state index in [-0.39, 0.29) is 25.5 Å². The number of nitrogen functional groups attached to an aromatic ring is 5. The van der Waals surface area contributed by atoms with E-state index in [4.69, 9.17) is 54.2 Å². The quantitative estimate of drug-likeness (QED) is 0.0486. The Morgan fingerprint density at radius 2 is 1.00 bits per heavy atom. The van der Waals surface area contributed by atoms with Crippen LogP contribution in [0.15, 0.2) is 121 Å². The second-order valence-corrected chi connectivity index (χ2v) is 11.3. The molecule has 12 heteroatoms. The lowest BCUT2D eigenvalue weighted by molar-refractivity contribution is 0.275. The highest BCUT2D eigenvalue weighted by Crippen LogP contribution is 2.29. The van der Waals surface area contributed by atoms with Crippen molar-refractivity contribution in [3.63, 3.8) is 0 Å². The maximum atomic E-state index is 9.35. The van der Waals surface area contributed by atoms with E-state index in [9.17, 15) is 5.11 Å². The number of aliphatic hydroxyl groups is 1. The first-order valence-corrected chi connectivity index (χ1v) is 15.8. The van der Waals surface area contributed by atoms with E-state index in [1.807, 2.05) is 38.1 Å². The van der Waals surface area contributed by atoms with E-state index in [0.717, 1.165) is 27.9 Å². The van der Waals surface area contributed by atoms with E-state index >= 15 is 0 Å². The van der Waals surface area contributed by atoms with Crippen molar-refractivity contribution in [1.29, 1.82) is 0 Å². The van der Waals surface area contributed by atoms with Crippen LogP contribution in [0, 0.1) is 13.8 Å². The number of hydrogen-bond acceptors (Lipinski definition) is 12. The average molecular weight is 725 g/mol. The molecule has 0 saturated heterocycles. The average Bonchev–Trinajstić information content (AvgIpc) is 3.11. The van der Waals surface area contributed by atoms with Crippen molar-refractivity contribution in [2.24, 2.45) is 0 Å². The largest absolute Gasteiger partial charge is 0.508 e. The van der Waals surface area contributed by atoms with Gasteiger partial charge in [-0.05, 0) is 122 Å². The van der Waals surface area contributed by atoms with Gasteiger partial charge >= 0.3 is 0 Å². The number of rotatable bonds is 3. The standard InChI is InChI=1S/C12H12N2O.C7H9NO2.3C7H9NO.CH4/c13-9-4-5-11(12(14)7-9)8-2-1-3-10(15)6-8;8-6-1-2-7(10)5(3-6)4-9;2*1-5-4-6(8)2-3-7(5)9;1-8-6-4-2-3-5-7(6)9;/h1-7,15H,13-14H2;1-3,9-10H,4,8H2;2*2-4,9H,8H2,1H3;2-5,8-9H,1H3;1H4. The second-order valence-electron chi connectivity index (χ2n) is 11.3. The van der Waals surface area contributed by atoms with Crippen LogP contribution in [-0.2, 0) is 6.61 Å². The van der Waals surface area contributed by atoms with Crippen LogP contribution in [0.5, 0.6) is 28.7 Å². The number of benzene rings is 6. The SMILES string of the molecule is C.CNc1ccccc1O.Cc1cc(N)ccc1O.Cc1cc(N)ccc1O.Nc1ccc(-c2cccc(O)c2)c(N)c1.Nc1ccc(O)c(CO)c1. The molecule has 0 heterocycles. The summed E-state index contributed by atoms with van der Waals surface area (Å²) in [5, 5.41) is 56.9. The van der Waals surface area contributed by atoms with Gasteiger partial charge in [0.25, 0.3) is 0 Å². The topological polar surface area (TPSA) is 264 Å². The van der Waals surface area contributed by atoms with Gasteiger partial charge in [-0.25, -0.2) is 0 Å². The molecule has 12 nitrogen and oxygen atoms in total. The number of aryl methyl sites for hydroxylation is 2. The molecule has 6 rings (SSSR count). The van der Waals surface area contributed by atoms with Gasteiger partial charge in [0.05, 0.1) is 12.3 Å². The van der Waals surface area contributed by atoms with Crippen LogP contribution in [0.3, 0.4) is 0 Å². The molecular formula is C41H52N6O6. The predicted octanol–water partition coefficient (Wildman–Crippen LogP) is 7.33. The summed E-state index contributed by atoms with van der Waals surface area (Å²) in [5.74, 6) is 1.19. The van der Waals surface area contributed by atoms with Crippen LogP contribution < -0.4 is 34.0 Å². The highest BCUT2D eigenvalue weighted by atomic mass is 16.3. The van der Waals surface area contributed by atoms with Crippen LogP contribution >= 0.6 is 0 Å². The van der Waals surface area contributed by atoms with Crippen LogP contribution in [0.25, 0.3) is 11.1 Å². The summed E-state index contributed by atoms with van der Waals surface area (Å²) in [6.07, 6.45) is 0. The number of anilines is 6. The number of hydrogen-bond donors (Lipinski definition) is 12. The number of nitrogens with one attached hydrogen (secondary N) is 1. The molecule has 0 aliphatic rings. The lowest BCUT2D eigenvalue weighted by Gasteiger charge is -2.06. The summed E-state index contributed by atoms with van der Waals surface area (Å²) < 4.78 is 0. The normalized spacial score (nSPS) is 9.43. The number of aliphatic hydroxyl groups excluding tert-OH is 1. The third-order valence-corrected chi connectivity index (χ3v) is 7.12. The molecule has 0 atom stereocenters. The van der Waals surface area contributed by atoms with Gasteiger partial charge in [-0.3, -0.25) is 0 Å². The zero-order valence-corrected chi connectivity index (χ0v) is 29.3. The monoisotopic (exact) mass is 724 g/mol. The van der Waals surface area contributed by atoms with Gasteiger partial charge in [-0.2, -0.15) is 0 Å². The zero-order valence-electron chi connectivity index (χ0n) is 29.3. The molecule has 0 aliphatic heterocycles. The maximum Gasteiger partial charge on any atom is 0.138 e. The number of para-hydroxylation sites is 2. The van der Waals surface area contributed by atoms with E-state index in [1.54, 1.807) is 92.0 Å². The molecule has 0 fully saturated rings. The highest BCUT2D eigenvalue weighted by Gasteiger charge is 2.03. The lowest BCUT2D eigenvalue weighted by atomic mass is 10.0. The fourth-order valence-corrected chi connectivity index (χ4v) is 4.29. The highest BCUT2D eigenvalue weighted by molar-refractivity contribution is 5.79. The van der Waals surface area contributed by atoms with Crippen molar-refractivity contribution in [1.82, 2.24) is 0 Å². The third kappa shape index (κ3) is 15.2. The molecule has 0 amide bonds. The Kier molecular flexibility index (Phi) is 18.3. The van der Waals surface area contributed by atoms with Crippen molar-refractivity contribution >= 4 is 34.1 Å². The van der Waals surface area contributed by atoms with E-state index < -0.39 is 0 Å². The number of aromatic hydroxyl groups is 5. The fourth-order valence-electron chi connectivity index (χ4n) is 4.29. The number of nitrogens with two attached hydrogens (primary N) is 5. The van der Waals surface area contributed by atoms with E-state index in [0.29, 0.717) is 51.2 Å².